The van der Waals surface area contributed by atoms with Crippen LogP contribution < -0.4 is 24.4 Å². The summed E-state index contributed by atoms with van der Waals surface area (Å²) in [5, 5.41) is 1.92. The summed E-state index contributed by atoms with van der Waals surface area (Å²) in [5.41, 5.74) is 1.49. The number of methoxy groups -OCH3 is 3. The van der Waals surface area contributed by atoms with E-state index in [0.717, 1.165) is 10.4 Å². The molecule has 0 aliphatic carbocycles. The van der Waals surface area contributed by atoms with Gasteiger partial charge in [0.05, 0.1) is 37.1 Å². The normalized spacial score (nSPS) is 16.0. The van der Waals surface area contributed by atoms with E-state index >= 15 is 0 Å². The number of benzene rings is 1. The van der Waals surface area contributed by atoms with Gasteiger partial charge < -0.3 is 14.2 Å². The van der Waals surface area contributed by atoms with Gasteiger partial charge in [0.25, 0.3) is 5.56 Å². The number of carbonyl (C=O) groups excluding carboxylic acids is 1. The van der Waals surface area contributed by atoms with Gasteiger partial charge in [-0.25, -0.2) is 9.79 Å². The molecule has 1 atom stereocenters. The van der Waals surface area contributed by atoms with Crippen molar-refractivity contribution in [3.63, 3.8) is 0 Å². The zero-order valence-corrected chi connectivity index (χ0v) is 19.0. The number of nitrogens with zero attached hydrogens (tertiary/aromatic N) is 2. The lowest BCUT2D eigenvalue weighted by Gasteiger charge is -2.22. The zero-order chi connectivity index (χ0) is 22.1. The minimum atomic E-state index is -0.573. The van der Waals surface area contributed by atoms with Gasteiger partial charge in [0, 0.05) is 4.88 Å². The van der Waals surface area contributed by atoms with Crippen molar-refractivity contribution in [3.05, 3.63) is 77.1 Å². The standard InChI is InChI=1S/C22H20N2O5S2/c1-12-18(21(26)29-4)19(16-6-5-9-30-16)24-20(25)17(31-22(24)23-12)11-13-7-8-14(27-2)15(10-13)28-3/h5-11,19H,1-4H3/b17-11-/t19-/m0/s1. The molecule has 0 amide bonds. The minimum Gasteiger partial charge on any atom is -0.493 e. The van der Waals surface area contributed by atoms with Gasteiger partial charge in [0.15, 0.2) is 16.3 Å². The Morgan fingerprint density at radius 1 is 1.16 bits per heavy atom. The molecule has 0 N–H and O–H groups in total. The van der Waals surface area contributed by atoms with Gasteiger partial charge in [0.2, 0.25) is 0 Å². The van der Waals surface area contributed by atoms with Crippen molar-refractivity contribution < 1.29 is 19.0 Å². The molecular formula is C22H20N2O5S2. The number of ether oxygens (including phenoxy) is 3. The largest absolute Gasteiger partial charge is 0.493 e. The van der Waals surface area contributed by atoms with Gasteiger partial charge in [-0.1, -0.05) is 23.5 Å². The van der Waals surface area contributed by atoms with Crippen LogP contribution in [0.4, 0.5) is 0 Å². The highest BCUT2D eigenvalue weighted by molar-refractivity contribution is 7.10. The molecule has 0 saturated heterocycles. The monoisotopic (exact) mass is 456 g/mol. The number of hydrogen-bond acceptors (Lipinski definition) is 8. The molecule has 0 radical (unpaired) electrons. The van der Waals surface area contributed by atoms with E-state index in [4.69, 9.17) is 14.2 Å². The van der Waals surface area contributed by atoms with Crippen LogP contribution in [0.25, 0.3) is 6.08 Å². The number of thiazole rings is 1. The Bertz CT molecular complexity index is 1350. The van der Waals surface area contributed by atoms with Crippen molar-refractivity contribution in [1.29, 1.82) is 0 Å². The van der Waals surface area contributed by atoms with Gasteiger partial charge in [-0.2, -0.15) is 0 Å². The molecule has 1 aromatic carbocycles. The quantitative estimate of drug-likeness (QED) is 0.551. The number of aromatic nitrogens is 1. The number of esters is 1. The summed E-state index contributed by atoms with van der Waals surface area (Å²) >= 11 is 2.76. The highest BCUT2D eigenvalue weighted by atomic mass is 32.1. The molecule has 3 heterocycles. The van der Waals surface area contributed by atoms with Crippen molar-refractivity contribution in [3.8, 4) is 11.5 Å². The molecule has 0 bridgehead atoms. The summed E-state index contributed by atoms with van der Waals surface area (Å²) in [6, 6.07) is 8.67. The molecule has 31 heavy (non-hydrogen) atoms. The number of carbonyl (C=O) groups is 1. The first-order chi connectivity index (χ1) is 15.0. The topological polar surface area (TPSA) is 79.1 Å². The second-order valence-electron chi connectivity index (χ2n) is 6.70. The molecule has 0 spiro atoms. The van der Waals surface area contributed by atoms with Gasteiger partial charge in [-0.05, 0) is 42.1 Å². The van der Waals surface area contributed by atoms with Crippen molar-refractivity contribution >= 4 is 34.7 Å². The average molecular weight is 457 g/mol. The van der Waals surface area contributed by atoms with E-state index in [0.29, 0.717) is 32.1 Å². The third-order valence-electron chi connectivity index (χ3n) is 4.95. The van der Waals surface area contributed by atoms with E-state index < -0.39 is 12.0 Å². The molecule has 0 unspecified atom stereocenters. The first kappa shape index (κ1) is 21.1. The predicted octanol–water partition coefficient (Wildman–Crippen LogP) is 2.49. The third-order valence-corrected chi connectivity index (χ3v) is 6.85. The second-order valence-corrected chi connectivity index (χ2v) is 8.69. The molecule has 2 aromatic heterocycles. The Morgan fingerprint density at radius 3 is 2.58 bits per heavy atom. The van der Waals surface area contributed by atoms with Crippen LogP contribution in [0.5, 0.6) is 11.5 Å². The third kappa shape index (κ3) is 3.70. The van der Waals surface area contributed by atoms with Gasteiger partial charge >= 0.3 is 5.97 Å². The van der Waals surface area contributed by atoms with Crippen molar-refractivity contribution in [2.24, 2.45) is 4.99 Å². The molecule has 1 aliphatic rings. The Balaban J connectivity index is 1.92. The minimum absolute atomic E-state index is 0.217. The Kier molecular flexibility index (Phi) is 5.79. The van der Waals surface area contributed by atoms with Crippen LogP contribution in [-0.4, -0.2) is 31.9 Å². The molecule has 9 heteroatoms. The van der Waals surface area contributed by atoms with Crippen molar-refractivity contribution in [1.82, 2.24) is 4.57 Å². The van der Waals surface area contributed by atoms with Crippen LogP contribution in [0.15, 0.2) is 56.8 Å². The Labute approximate surface area is 186 Å². The number of thiophene rings is 1. The summed E-state index contributed by atoms with van der Waals surface area (Å²) in [6.45, 7) is 1.76. The summed E-state index contributed by atoms with van der Waals surface area (Å²) in [4.78, 5) is 31.9. The summed E-state index contributed by atoms with van der Waals surface area (Å²) in [7, 11) is 4.46. The van der Waals surface area contributed by atoms with Gasteiger partial charge in [0.1, 0.15) is 6.04 Å². The van der Waals surface area contributed by atoms with Crippen LogP contribution in [0.1, 0.15) is 23.4 Å². The van der Waals surface area contributed by atoms with Crippen LogP contribution in [-0.2, 0) is 9.53 Å². The SMILES string of the molecule is COC(=O)C1=C(C)N=c2s/c(=C\c3ccc(OC)c(OC)c3)c(=O)n2[C@H]1c1cccs1. The van der Waals surface area contributed by atoms with E-state index in [-0.39, 0.29) is 5.56 Å². The van der Waals surface area contributed by atoms with E-state index in [1.165, 1.54) is 29.8 Å². The molecule has 1 aliphatic heterocycles. The van der Waals surface area contributed by atoms with E-state index in [2.05, 4.69) is 4.99 Å². The lowest BCUT2D eigenvalue weighted by molar-refractivity contribution is -0.136. The van der Waals surface area contributed by atoms with E-state index in [9.17, 15) is 9.59 Å². The fourth-order valence-corrected chi connectivity index (χ4v) is 5.37. The fourth-order valence-electron chi connectivity index (χ4n) is 3.50. The summed E-state index contributed by atoms with van der Waals surface area (Å²) < 4.78 is 17.7. The molecule has 0 saturated carbocycles. The van der Waals surface area contributed by atoms with Gasteiger partial charge in [-0.3, -0.25) is 9.36 Å². The maximum atomic E-state index is 13.4. The number of hydrogen-bond donors (Lipinski definition) is 0. The molecule has 160 valence electrons. The van der Waals surface area contributed by atoms with E-state index in [1.54, 1.807) is 43.9 Å². The Hall–Kier alpha value is -3.17. The second kappa shape index (κ2) is 8.52. The molecule has 7 nitrogen and oxygen atoms in total. The lowest BCUT2D eigenvalue weighted by Crippen LogP contribution is -2.39. The highest BCUT2D eigenvalue weighted by Crippen LogP contribution is 2.33. The van der Waals surface area contributed by atoms with Crippen molar-refractivity contribution in [2.45, 2.75) is 13.0 Å². The van der Waals surface area contributed by atoms with Gasteiger partial charge in [-0.15, -0.1) is 11.3 Å². The first-order valence-corrected chi connectivity index (χ1v) is 11.0. The molecule has 0 fully saturated rings. The van der Waals surface area contributed by atoms with Crippen molar-refractivity contribution in [2.75, 3.05) is 21.3 Å². The maximum absolute atomic E-state index is 13.4. The predicted molar refractivity (Wildman–Crippen MR) is 120 cm³/mol. The molecular weight excluding hydrogens is 436 g/mol. The van der Waals surface area contributed by atoms with E-state index in [1.807, 2.05) is 23.6 Å². The molecule has 3 aromatic rings. The lowest BCUT2D eigenvalue weighted by atomic mass is 10.0. The summed E-state index contributed by atoms with van der Waals surface area (Å²) in [6.07, 6.45) is 1.79. The Morgan fingerprint density at radius 2 is 1.94 bits per heavy atom. The number of rotatable bonds is 5. The van der Waals surface area contributed by atoms with Crippen LogP contribution in [0.3, 0.4) is 0 Å². The number of allylic oxidation sites excluding steroid dienone is 1. The average Bonchev–Trinajstić information content (AvgIpc) is 3.41. The smallest absolute Gasteiger partial charge is 0.338 e. The molecule has 4 rings (SSSR count). The number of fused-ring (bicyclic) bond motifs is 1. The first-order valence-electron chi connectivity index (χ1n) is 9.34. The van der Waals surface area contributed by atoms with Crippen LogP contribution >= 0.6 is 22.7 Å². The maximum Gasteiger partial charge on any atom is 0.338 e. The highest BCUT2D eigenvalue weighted by Gasteiger charge is 2.33. The fraction of sp³-hybridized carbons (Fsp3) is 0.227. The zero-order valence-electron chi connectivity index (χ0n) is 17.4. The van der Waals surface area contributed by atoms with Crippen LogP contribution in [0.2, 0.25) is 0 Å². The summed E-state index contributed by atoms with van der Waals surface area (Å²) in [5.74, 6) is 0.690. The van der Waals surface area contributed by atoms with Crippen LogP contribution in [0, 0.1) is 0 Å².